The Hall–Kier alpha value is -4.51. The van der Waals surface area contributed by atoms with Gasteiger partial charge in [-0.1, -0.05) is 66.4 Å². The Bertz CT molecular complexity index is 1640. The number of aryl methyl sites for hydroxylation is 2. The molecule has 3 aromatic carbocycles. The first kappa shape index (κ1) is 30.0. The van der Waals surface area contributed by atoms with Crippen LogP contribution in [0.3, 0.4) is 0 Å². The zero-order chi connectivity index (χ0) is 30.5. The molecule has 1 saturated heterocycles. The Morgan fingerprint density at radius 3 is 2.44 bits per heavy atom. The number of carbonyl (C=O) groups excluding carboxylic acids is 2. The van der Waals surface area contributed by atoms with Gasteiger partial charge in [-0.2, -0.15) is 0 Å². The zero-order valence-corrected chi connectivity index (χ0v) is 25.3. The van der Waals surface area contributed by atoms with Crippen LogP contribution in [0.2, 0.25) is 0 Å². The highest BCUT2D eigenvalue weighted by Gasteiger charge is 2.31. The van der Waals surface area contributed by atoms with Crippen LogP contribution in [-0.2, 0) is 4.79 Å². The number of piperazine rings is 1. The molecule has 1 unspecified atom stereocenters. The van der Waals surface area contributed by atoms with E-state index < -0.39 is 4.92 Å². The van der Waals surface area contributed by atoms with Crippen molar-refractivity contribution in [2.45, 2.75) is 44.8 Å². The normalized spacial score (nSPS) is 15.0. The maximum absolute atomic E-state index is 13.1. The van der Waals surface area contributed by atoms with Crippen LogP contribution in [0.5, 0.6) is 0 Å². The van der Waals surface area contributed by atoms with Crippen molar-refractivity contribution >= 4 is 29.3 Å². The molecule has 1 fully saturated rings. The number of hydrogen-bond acceptors (Lipinski definition) is 7. The molecule has 1 atom stereocenters. The lowest BCUT2D eigenvalue weighted by Crippen LogP contribution is -2.55. The van der Waals surface area contributed by atoms with Crippen molar-refractivity contribution in [1.29, 1.82) is 0 Å². The summed E-state index contributed by atoms with van der Waals surface area (Å²) in [5.74, 6) is 1.27. The number of aromatic nitrogens is 3. The Balaban J connectivity index is 1.18. The van der Waals surface area contributed by atoms with Crippen molar-refractivity contribution in [2.24, 2.45) is 0 Å². The van der Waals surface area contributed by atoms with E-state index in [1.54, 1.807) is 40.6 Å². The van der Waals surface area contributed by atoms with Crippen LogP contribution >= 0.6 is 11.8 Å². The zero-order valence-electron chi connectivity index (χ0n) is 24.5. The summed E-state index contributed by atoms with van der Waals surface area (Å²) in [7, 11) is 0. The third-order valence-electron chi connectivity index (χ3n) is 7.68. The summed E-state index contributed by atoms with van der Waals surface area (Å²) in [6.07, 6.45) is 1.06. The third kappa shape index (κ3) is 6.61. The van der Waals surface area contributed by atoms with Gasteiger partial charge in [0.25, 0.3) is 11.6 Å². The molecular formula is C32H34N6O4S. The van der Waals surface area contributed by atoms with E-state index >= 15 is 0 Å². The number of rotatable bonds is 9. The van der Waals surface area contributed by atoms with Crippen LogP contribution in [-0.4, -0.2) is 72.7 Å². The fourth-order valence-electron chi connectivity index (χ4n) is 5.30. The highest BCUT2D eigenvalue weighted by atomic mass is 32.2. The molecule has 5 rings (SSSR count). The lowest BCUT2D eigenvalue weighted by molar-refractivity contribution is -0.385. The molecule has 4 aromatic rings. The van der Waals surface area contributed by atoms with Gasteiger partial charge in [-0.25, -0.2) is 0 Å². The number of thioether (sulfide) groups is 1. The molecule has 1 aromatic heterocycles. The topological polar surface area (TPSA) is 114 Å². The molecule has 11 heteroatoms. The highest BCUT2D eigenvalue weighted by molar-refractivity contribution is 7.99. The third-order valence-corrected chi connectivity index (χ3v) is 8.70. The number of amides is 2. The highest BCUT2D eigenvalue weighted by Crippen LogP contribution is 2.30. The van der Waals surface area contributed by atoms with Crippen molar-refractivity contribution in [3.05, 3.63) is 99.6 Å². The molecule has 10 nitrogen and oxygen atoms in total. The van der Waals surface area contributed by atoms with Crippen LogP contribution in [0.25, 0.3) is 17.1 Å². The van der Waals surface area contributed by atoms with E-state index in [0.717, 1.165) is 27.8 Å². The molecule has 0 saturated carbocycles. The van der Waals surface area contributed by atoms with Gasteiger partial charge >= 0.3 is 0 Å². The van der Waals surface area contributed by atoms with E-state index in [1.165, 1.54) is 6.07 Å². The van der Waals surface area contributed by atoms with Crippen LogP contribution in [0.15, 0.2) is 78.0 Å². The summed E-state index contributed by atoms with van der Waals surface area (Å²) in [6.45, 7) is 6.85. The van der Waals surface area contributed by atoms with Gasteiger partial charge < -0.3 is 9.80 Å². The summed E-state index contributed by atoms with van der Waals surface area (Å²) in [6, 6.07) is 22.5. The Kier molecular flexibility index (Phi) is 9.20. The average molecular weight is 599 g/mol. The average Bonchev–Trinajstić information content (AvgIpc) is 3.43. The summed E-state index contributed by atoms with van der Waals surface area (Å²) < 4.78 is 2.08. The second-order valence-corrected chi connectivity index (χ2v) is 11.8. The van der Waals surface area contributed by atoms with E-state index in [1.807, 2.05) is 49.4 Å². The van der Waals surface area contributed by atoms with Crippen LogP contribution in [0.1, 0.15) is 41.3 Å². The Morgan fingerprint density at radius 2 is 1.72 bits per heavy atom. The minimum Gasteiger partial charge on any atom is -0.339 e. The van der Waals surface area contributed by atoms with E-state index in [0.29, 0.717) is 43.8 Å². The van der Waals surface area contributed by atoms with Crippen molar-refractivity contribution in [2.75, 3.05) is 25.4 Å². The fraction of sp³-hybridized carbons (Fsp3) is 0.312. The minimum atomic E-state index is -0.473. The molecule has 0 bridgehead atoms. The molecule has 222 valence electrons. The second kappa shape index (κ2) is 13.2. The second-order valence-electron chi connectivity index (χ2n) is 10.7. The molecule has 0 aliphatic carbocycles. The van der Waals surface area contributed by atoms with Gasteiger partial charge in [-0.15, -0.1) is 10.2 Å². The maximum atomic E-state index is 13.1. The van der Waals surface area contributed by atoms with E-state index in [4.69, 9.17) is 0 Å². The van der Waals surface area contributed by atoms with Crippen LogP contribution in [0, 0.1) is 24.0 Å². The van der Waals surface area contributed by atoms with Gasteiger partial charge in [0.1, 0.15) is 0 Å². The number of carbonyl (C=O) groups is 2. The van der Waals surface area contributed by atoms with Crippen LogP contribution < -0.4 is 0 Å². The molecule has 2 heterocycles. The van der Waals surface area contributed by atoms with Crippen molar-refractivity contribution in [3.8, 4) is 17.1 Å². The fourth-order valence-corrected chi connectivity index (χ4v) is 6.19. The number of nitro benzene ring substituents is 1. The van der Waals surface area contributed by atoms with Crippen molar-refractivity contribution in [3.63, 3.8) is 0 Å². The smallest absolute Gasteiger partial charge is 0.273 e. The van der Waals surface area contributed by atoms with Gasteiger partial charge in [0.05, 0.1) is 10.6 Å². The van der Waals surface area contributed by atoms with Crippen molar-refractivity contribution in [1.82, 2.24) is 24.6 Å². The predicted octanol–water partition coefficient (Wildman–Crippen LogP) is 5.70. The monoisotopic (exact) mass is 598 g/mol. The summed E-state index contributed by atoms with van der Waals surface area (Å²) >= 11 is 1.58. The van der Waals surface area contributed by atoms with Crippen molar-refractivity contribution < 1.29 is 14.5 Å². The molecule has 43 heavy (non-hydrogen) atoms. The minimum absolute atomic E-state index is 0.0517. The van der Waals surface area contributed by atoms with E-state index in [2.05, 4.69) is 33.8 Å². The summed E-state index contributed by atoms with van der Waals surface area (Å²) in [4.78, 5) is 40.6. The lowest BCUT2D eigenvalue weighted by Gasteiger charge is -2.40. The SMILES string of the molecule is Cc1ccccc1-n1c(SCCCC(=O)N2CCN(C(=O)c3ccc(C)c([N+](=O)[O-])c3)C(C)C2)nnc1-c1ccccc1. The van der Waals surface area contributed by atoms with E-state index in [-0.39, 0.29) is 29.1 Å². The van der Waals surface area contributed by atoms with Crippen LogP contribution in [0.4, 0.5) is 5.69 Å². The number of benzene rings is 3. The molecular weight excluding hydrogens is 564 g/mol. The Labute approximate surface area is 254 Å². The predicted molar refractivity (Wildman–Crippen MR) is 166 cm³/mol. The van der Waals surface area contributed by atoms with Gasteiger partial charge in [-0.05, 0) is 44.9 Å². The molecule has 0 spiro atoms. The molecule has 1 aliphatic rings. The largest absolute Gasteiger partial charge is 0.339 e. The van der Waals surface area contributed by atoms with Gasteiger partial charge in [0.2, 0.25) is 5.91 Å². The standard InChI is InChI=1S/C32H34N6O4S/c1-22-10-7-8-13-27(22)37-30(25-11-5-4-6-12-25)33-34-32(37)43-19-9-14-29(39)35-17-18-36(24(3)21-35)31(40)26-16-15-23(2)28(20-26)38(41)42/h4-8,10-13,15-16,20,24H,9,14,17-19,21H2,1-3H3. The molecule has 2 amide bonds. The first-order chi connectivity index (χ1) is 20.7. The maximum Gasteiger partial charge on any atom is 0.273 e. The number of nitro groups is 1. The van der Waals surface area contributed by atoms with Gasteiger partial charge in [0.15, 0.2) is 11.0 Å². The lowest BCUT2D eigenvalue weighted by atomic mass is 10.1. The van der Waals surface area contributed by atoms with Gasteiger partial charge in [-0.3, -0.25) is 24.3 Å². The number of para-hydroxylation sites is 1. The molecule has 0 N–H and O–H groups in total. The summed E-state index contributed by atoms with van der Waals surface area (Å²) in [5, 5.41) is 21.1. The molecule has 1 aliphatic heterocycles. The molecule has 0 radical (unpaired) electrons. The summed E-state index contributed by atoms with van der Waals surface area (Å²) in [5.41, 5.74) is 3.84. The first-order valence-electron chi connectivity index (χ1n) is 14.3. The number of hydrogen-bond donors (Lipinski definition) is 0. The number of nitrogens with zero attached hydrogens (tertiary/aromatic N) is 6. The first-order valence-corrected chi connectivity index (χ1v) is 15.3. The quantitative estimate of drug-likeness (QED) is 0.105. The van der Waals surface area contributed by atoms with E-state index in [9.17, 15) is 19.7 Å². The Morgan fingerprint density at radius 1 is 0.977 bits per heavy atom. The van der Waals surface area contributed by atoms with Gasteiger partial charge in [0, 0.05) is 60.6 Å².